The number of hydrogen-bond acceptors (Lipinski definition) is 5. The van der Waals surface area contributed by atoms with Crippen molar-refractivity contribution in [2.75, 3.05) is 0 Å². The minimum atomic E-state index is -0.167. The second-order valence-corrected chi connectivity index (χ2v) is 6.15. The molecule has 5 nitrogen and oxygen atoms in total. The van der Waals surface area contributed by atoms with Crippen LogP contribution in [0.3, 0.4) is 0 Å². The molecular weight excluding hydrogens is 298 g/mol. The Hall–Kier alpha value is -2.34. The highest BCUT2D eigenvalue weighted by Crippen LogP contribution is 2.23. The molecule has 1 aromatic heterocycles. The molecule has 1 saturated heterocycles. The van der Waals surface area contributed by atoms with E-state index in [1.807, 2.05) is 25.1 Å². The summed E-state index contributed by atoms with van der Waals surface area (Å²) in [6.07, 6.45) is 3.76. The van der Waals surface area contributed by atoms with Crippen molar-refractivity contribution in [2.24, 2.45) is 10.2 Å². The average molecular weight is 313 g/mol. The molecule has 1 N–H and O–H groups in total. The lowest BCUT2D eigenvalue weighted by Gasteiger charge is -2.05. The number of furan rings is 1. The van der Waals surface area contributed by atoms with E-state index in [2.05, 4.69) is 21.6 Å². The summed E-state index contributed by atoms with van der Waals surface area (Å²) in [4.78, 5) is 12.0. The molecule has 22 heavy (non-hydrogen) atoms. The Balaban J connectivity index is 1.63. The van der Waals surface area contributed by atoms with Crippen LogP contribution in [0, 0.1) is 6.92 Å². The molecule has 0 saturated carbocycles. The maximum absolute atomic E-state index is 12.0. The van der Waals surface area contributed by atoms with E-state index in [0.717, 1.165) is 5.56 Å². The molecule has 112 valence electrons. The highest BCUT2D eigenvalue weighted by Gasteiger charge is 2.30. The molecule has 1 aliphatic rings. The summed E-state index contributed by atoms with van der Waals surface area (Å²) >= 11 is 1.40. The molecule has 3 rings (SSSR count). The zero-order chi connectivity index (χ0) is 15.4. The van der Waals surface area contributed by atoms with Gasteiger partial charge in [0.05, 0.1) is 17.7 Å². The SMILES string of the molecule is Cc1cccc(C[C@@H]2S/C(=N/N=Cc3ccco3)NC2=O)c1. The Morgan fingerprint density at radius 3 is 3.05 bits per heavy atom. The first-order chi connectivity index (χ1) is 10.7. The molecule has 1 amide bonds. The summed E-state index contributed by atoms with van der Waals surface area (Å²) in [6.45, 7) is 2.04. The number of carbonyl (C=O) groups excluding carboxylic acids is 1. The van der Waals surface area contributed by atoms with Crippen molar-refractivity contribution < 1.29 is 9.21 Å². The van der Waals surface area contributed by atoms with Crippen LogP contribution in [0.15, 0.2) is 57.3 Å². The second-order valence-electron chi connectivity index (χ2n) is 4.95. The molecule has 6 heteroatoms. The van der Waals surface area contributed by atoms with Crippen LogP contribution in [0.2, 0.25) is 0 Å². The molecule has 0 unspecified atom stereocenters. The summed E-state index contributed by atoms with van der Waals surface area (Å²) in [5.41, 5.74) is 2.34. The van der Waals surface area contributed by atoms with Crippen molar-refractivity contribution in [3.05, 3.63) is 59.5 Å². The smallest absolute Gasteiger partial charge is 0.239 e. The fourth-order valence-electron chi connectivity index (χ4n) is 2.14. The minimum absolute atomic E-state index is 0.0292. The van der Waals surface area contributed by atoms with Crippen LogP contribution in [0.25, 0.3) is 0 Å². The topological polar surface area (TPSA) is 67.0 Å². The molecular formula is C16H15N3O2S. The molecule has 0 spiro atoms. The van der Waals surface area contributed by atoms with Crippen molar-refractivity contribution in [3.8, 4) is 0 Å². The van der Waals surface area contributed by atoms with E-state index in [9.17, 15) is 4.79 Å². The van der Waals surface area contributed by atoms with Crippen molar-refractivity contribution in [1.82, 2.24) is 5.32 Å². The van der Waals surface area contributed by atoms with Gasteiger partial charge >= 0.3 is 0 Å². The lowest BCUT2D eigenvalue weighted by molar-refractivity contribution is -0.118. The first kappa shape index (κ1) is 14.6. The average Bonchev–Trinajstić information content (AvgIpc) is 3.10. The van der Waals surface area contributed by atoms with E-state index < -0.39 is 0 Å². The van der Waals surface area contributed by atoms with Gasteiger partial charge in [-0.1, -0.05) is 41.6 Å². The van der Waals surface area contributed by atoms with Crippen molar-refractivity contribution in [2.45, 2.75) is 18.6 Å². The molecule has 1 fully saturated rings. The Morgan fingerprint density at radius 1 is 1.36 bits per heavy atom. The van der Waals surface area contributed by atoms with Crippen molar-refractivity contribution in [1.29, 1.82) is 0 Å². The quantitative estimate of drug-likeness (QED) is 0.697. The van der Waals surface area contributed by atoms with Crippen LogP contribution >= 0.6 is 11.8 Å². The largest absolute Gasteiger partial charge is 0.463 e. The van der Waals surface area contributed by atoms with Crippen LogP contribution in [0.4, 0.5) is 0 Å². The first-order valence-corrected chi connectivity index (χ1v) is 7.76. The Labute approximate surface area is 132 Å². The highest BCUT2D eigenvalue weighted by atomic mass is 32.2. The number of hydrogen-bond donors (Lipinski definition) is 1. The maximum Gasteiger partial charge on any atom is 0.239 e. The van der Waals surface area contributed by atoms with E-state index in [-0.39, 0.29) is 11.2 Å². The van der Waals surface area contributed by atoms with Crippen molar-refractivity contribution >= 4 is 29.1 Å². The van der Waals surface area contributed by atoms with Gasteiger partial charge in [-0.25, -0.2) is 0 Å². The predicted molar refractivity (Wildman–Crippen MR) is 88.1 cm³/mol. The monoisotopic (exact) mass is 313 g/mol. The minimum Gasteiger partial charge on any atom is -0.463 e. The van der Waals surface area contributed by atoms with Gasteiger partial charge in [0.25, 0.3) is 0 Å². The molecule has 1 aromatic carbocycles. The third kappa shape index (κ3) is 3.65. The van der Waals surface area contributed by atoms with Gasteiger partial charge in [-0.3, -0.25) is 4.79 Å². The molecule has 2 aromatic rings. The summed E-state index contributed by atoms with van der Waals surface area (Å²) in [5.74, 6) is 0.591. The maximum atomic E-state index is 12.0. The summed E-state index contributed by atoms with van der Waals surface area (Å²) < 4.78 is 5.12. The summed E-state index contributed by atoms with van der Waals surface area (Å²) in [6, 6.07) is 11.7. The number of amides is 1. The van der Waals surface area contributed by atoms with Gasteiger partial charge in [-0.05, 0) is 31.0 Å². The molecule has 1 atom stereocenters. The number of nitrogens with zero attached hydrogens (tertiary/aromatic N) is 2. The predicted octanol–water partition coefficient (Wildman–Crippen LogP) is 2.75. The fourth-order valence-corrected chi connectivity index (χ4v) is 3.11. The molecule has 0 aliphatic carbocycles. The molecule has 2 heterocycles. The van der Waals surface area contributed by atoms with Gasteiger partial charge < -0.3 is 9.73 Å². The first-order valence-electron chi connectivity index (χ1n) is 6.88. The molecule has 0 bridgehead atoms. The van der Waals surface area contributed by atoms with Crippen LogP contribution in [-0.4, -0.2) is 22.5 Å². The van der Waals surface area contributed by atoms with Gasteiger partial charge in [0.15, 0.2) is 5.17 Å². The van der Waals surface area contributed by atoms with Crippen LogP contribution in [0.5, 0.6) is 0 Å². The van der Waals surface area contributed by atoms with Gasteiger partial charge in [0, 0.05) is 0 Å². The number of aryl methyl sites for hydroxylation is 1. The number of thioether (sulfide) groups is 1. The Morgan fingerprint density at radius 2 is 2.27 bits per heavy atom. The van der Waals surface area contributed by atoms with E-state index in [1.165, 1.54) is 23.5 Å². The number of rotatable bonds is 4. The standard InChI is InChI=1S/C16H15N3O2S/c1-11-4-2-5-12(8-11)9-14-15(20)18-16(22-14)19-17-10-13-6-3-7-21-13/h2-8,10,14H,9H2,1H3,(H,18,19,20)/t14-/m0/s1. The number of benzene rings is 1. The third-order valence-corrected chi connectivity index (χ3v) is 4.23. The zero-order valence-corrected chi connectivity index (χ0v) is 12.8. The summed E-state index contributed by atoms with van der Waals surface area (Å²) in [7, 11) is 0. The second kappa shape index (κ2) is 6.62. The molecule has 1 aliphatic heterocycles. The molecule has 0 radical (unpaired) electrons. The fraction of sp³-hybridized carbons (Fsp3) is 0.188. The lowest BCUT2D eigenvalue weighted by atomic mass is 10.1. The van der Waals surface area contributed by atoms with Gasteiger partial charge in [-0.15, -0.1) is 5.10 Å². The summed E-state index contributed by atoms with van der Waals surface area (Å²) in [5, 5.41) is 11.0. The van der Waals surface area contributed by atoms with E-state index >= 15 is 0 Å². The van der Waals surface area contributed by atoms with E-state index in [0.29, 0.717) is 17.3 Å². The lowest BCUT2D eigenvalue weighted by Crippen LogP contribution is -2.25. The van der Waals surface area contributed by atoms with E-state index in [1.54, 1.807) is 18.4 Å². The Bertz CT molecular complexity index is 723. The van der Waals surface area contributed by atoms with Crippen LogP contribution < -0.4 is 5.32 Å². The highest BCUT2D eigenvalue weighted by molar-refractivity contribution is 8.15. The van der Waals surface area contributed by atoms with Crippen molar-refractivity contribution in [3.63, 3.8) is 0 Å². The zero-order valence-electron chi connectivity index (χ0n) is 12.0. The van der Waals surface area contributed by atoms with Crippen LogP contribution in [0.1, 0.15) is 16.9 Å². The Kier molecular flexibility index (Phi) is 4.39. The van der Waals surface area contributed by atoms with Gasteiger partial charge in [-0.2, -0.15) is 5.10 Å². The third-order valence-electron chi connectivity index (χ3n) is 3.16. The number of carbonyl (C=O) groups is 1. The van der Waals surface area contributed by atoms with Gasteiger partial charge in [0.1, 0.15) is 5.76 Å². The normalized spacial score (nSPS) is 20.0. The van der Waals surface area contributed by atoms with Crippen LogP contribution in [-0.2, 0) is 11.2 Å². The number of amidine groups is 1. The van der Waals surface area contributed by atoms with E-state index in [4.69, 9.17) is 4.42 Å². The van der Waals surface area contributed by atoms with Gasteiger partial charge in [0.2, 0.25) is 5.91 Å². The number of nitrogens with one attached hydrogen (secondary N) is 1.